The summed E-state index contributed by atoms with van der Waals surface area (Å²) in [6, 6.07) is 2.35. The Morgan fingerprint density at radius 2 is 1.89 bits per heavy atom. The number of esters is 1. The van der Waals surface area contributed by atoms with Crippen molar-refractivity contribution < 1.29 is 23.8 Å². The van der Waals surface area contributed by atoms with Crippen molar-refractivity contribution in [2.45, 2.75) is 102 Å². The van der Waals surface area contributed by atoms with Crippen LogP contribution in [0.3, 0.4) is 0 Å². The second-order valence-electron chi connectivity index (χ2n) is 12.5. The van der Waals surface area contributed by atoms with Gasteiger partial charge in [-0.1, -0.05) is 13.8 Å². The molecule has 4 aliphatic rings. The van der Waals surface area contributed by atoms with E-state index in [-0.39, 0.29) is 40.8 Å². The Labute approximate surface area is 212 Å². The molecule has 4 saturated carbocycles. The van der Waals surface area contributed by atoms with Gasteiger partial charge < -0.3 is 25.7 Å². The lowest BCUT2D eigenvalue weighted by atomic mass is 9.43. The van der Waals surface area contributed by atoms with Crippen molar-refractivity contribution in [2.24, 2.45) is 40.1 Å². The standard InChI is InChI=1S/C28H40N2O6/c1-26-10-7-18(36-25(33)22(29)14-23(30)31)13-17(26)4-5-21-20(26)8-11-27(2)19(9-12-28(21,27)34)16-3-6-24(32)35-15-16/h3,6,15,17-22,34H,4-5,7-14,29H2,1-2H3,(H2,30,31)/t17-,18+,19-,20+,21-,22?,26+,27-,28+/m1/s1. The minimum atomic E-state index is -1.01. The zero-order valence-electron chi connectivity index (χ0n) is 21.4. The molecule has 0 aliphatic heterocycles. The van der Waals surface area contributed by atoms with Crippen LogP contribution in [-0.4, -0.2) is 34.7 Å². The van der Waals surface area contributed by atoms with Crippen LogP contribution in [0, 0.1) is 28.6 Å². The van der Waals surface area contributed by atoms with E-state index in [1.807, 2.05) is 6.07 Å². The van der Waals surface area contributed by atoms with Crippen LogP contribution in [0.25, 0.3) is 0 Å². The fraction of sp³-hybridized carbons (Fsp3) is 0.750. The third-order valence-electron chi connectivity index (χ3n) is 10.9. The number of fused-ring (bicyclic) bond motifs is 5. The van der Waals surface area contributed by atoms with Gasteiger partial charge in [0.1, 0.15) is 12.1 Å². The molecule has 198 valence electrons. The molecular weight excluding hydrogens is 460 g/mol. The molecule has 9 atom stereocenters. The number of aliphatic hydroxyl groups is 1. The van der Waals surface area contributed by atoms with Crippen molar-refractivity contribution in [3.63, 3.8) is 0 Å². The van der Waals surface area contributed by atoms with Crippen molar-refractivity contribution in [2.75, 3.05) is 0 Å². The number of carbonyl (C=O) groups excluding carboxylic acids is 2. The third-order valence-corrected chi connectivity index (χ3v) is 10.9. The van der Waals surface area contributed by atoms with Crippen molar-refractivity contribution in [1.82, 2.24) is 0 Å². The van der Waals surface area contributed by atoms with Crippen LogP contribution in [0.15, 0.2) is 27.6 Å². The summed E-state index contributed by atoms with van der Waals surface area (Å²) in [5.41, 5.74) is 10.7. The monoisotopic (exact) mass is 500 g/mol. The first kappa shape index (κ1) is 25.5. The SMILES string of the molecule is C[C@]12CC[C@H](OC(=O)C(N)CC(N)=O)C[C@H]1CC[C@@H]1[C@@H]2CC[C@]2(C)[C@@H](c3ccc(=O)oc3)CC[C@]12O. The van der Waals surface area contributed by atoms with Crippen LogP contribution < -0.4 is 17.1 Å². The molecule has 36 heavy (non-hydrogen) atoms. The van der Waals surface area contributed by atoms with E-state index in [1.54, 1.807) is 6.26 Å². The maximum Gasteiger partial charge on any atom is 0.335 e. The molecule has 0 aromatic carbocycles. The molecule has 1 aromatic rings. The fourth-order valence-electron chi connectivity index (χ4n) is 8.95. The molecule has 0 saturated heterocycles. The molecule has 0 bridgehead atoms. The number of carbonyl (C=O) groups is 2. The van der Waals surface area contributed by atoms with E-state index in [9.17, 15) is 19.5 Å². The van der Waals surface area contributed by atoms with E-state index in [2.05, 4.69) is 13.8 Å². The van der Waals surface area contributed by atoms with Crippen LogP contribution in [0.4, 0.5) is 0 Å². The number of primary amides is 1. The van der Waals surface area contributed by atoms with E-state index in [0.29, 0.717) is 11.8 Å². The van der Waals surface area contributed by atoms with Gasteiger partial charge >= 0.3 is 11.6 Å². The molecule has 1 amide bonds. The molecule has 8 heteroatoms. The van der Waals surface area contributed by atoms with Gasteiger partial charge in [0, 0.05) is 11.5 Å². The minimum Gasteiger partial charge on any atom is -0.461 e. The maximum absolute atomic E-state index is 12.4. The lowest BCUT2D eigenvalue weighted by Crippen LogP contribution is -2.62. The van der Waals surface area contributed by atoms with Gasteiger partial charge in [0.15, 0.2) is 0 Å². The number of rotatable bonds is 5. The second-order valence-corrected chi connectivity index (χ2v) is 12.5. The number of hydrogen-bond donors (Lipinski definition) is 3. The molecule has 4 fully saturated rings. The Morgan fingerprint density at radius 3 is 2.58 bits per heavy atom. The van der Waals surface area contributed by atoms with E-state index in [1.165, 1.54) is 6.07 Å². The topological polar surface area (TPSA) is 146 Å². The van der Waals surface area contributed by atoms with Crippen molar-refractivity contribution >= 4 is 11.9 Å². The van der Waals surface area contributed by atoms with Gasteiger partial charge in [0.05, 0.1) is 18.3 Å². The summed E-state index contributed by atoms with van der Waals surface area (Å²) < 4.78 is 10.9. The number of amides is 1. The van der Waals surface area contributed by atoms with E-state index in [4.69, 9.17) is 20.6 Å². The smallest absolute Gasteiger partial charge is 0.335 e. The van der Waals surface area contributed by atoms with Crippen molar-refractivity contribution in [3.8, 4) is 0 Å². The van der Waals surface area contributed by atoms with Crippen LogP contribution in [0.5, 0.6) is 0 Å². The highest BCUT2D eigenvalue weighted by Gasteiger charge is 2.67. The van der Waals surface area contributed by atoms with Gasteiger partial charge in [-0.05, 0) is 98.5 Å². The van der Waals surface area contributed by atoms with Gasteiger partial charge in [0.25, 0.3) is 0 Å². The molecule has 5 rings (SSSR count). The van der Waals surface area contributed by atoms with E-state index in [0.717, 1.165) is 63.4 Å². The molecule has 1 aromatic heterocycles. The van der Waals surface area contributed by atoms with Gasteiger partial charge in [0.2, 0.25) is 5.91 Å². The van der Waals surface area contributed by atoms with Gasteiger partial charge in [-0.25, -0.2) is 4.79 Å². The Hall–Kier alpha value is -2.19. The van der Waals surface area contributed by atoms with Crippen molar-refractivity contribution in [3.05, 3.63) is 34.4 Å². The summed E-state index contributed by atoms with van der Waals surface area (Å²) in [6.45, 7) is 4.63. The molecule has 0 radical (unpaired) electrons. The van der Waals surface area contributed by atoms with Gasteiger partial charge in [-0.3, -0.25) is 9.59 Å². The minimum absolute atomic E-state index is 0.0931. The second kappa shape index (κ2) is 8.98. The Morgan fingerprint density at radius 1 is 1.11 bits per heavy atom. The highest BCUT2D eigenvalue weighted by atomic mass is 16.5. The molecular formula is C28H40N2O6. The first-order chi connectivity index (χ1) is 17.0. The molecule has 1 heterocycles. The quantitative estimate of drug-likeness (QED) is 0.527. The highest BCUT2D eigenvalue weighted by Crippen LogP contribution is 2.70. The van der Waals surface area contributed by atoms with Gasteiger partial charge in [-0.15, -0.1) is 0 Å². The summed E-state index contributed by atoms with van der Waals surface area (Å²) in [6.07, 6.45) is 9.36. The van der Waals surface area contributed by atoms with Crippen LogP contribution >= 0.6 is 0 Å². The predicted molar refractivity (Wildman–Crippen MR) is 133 cm³/mol. The summed E-state index contributed by atoms with van der Waals surface area (Å²) in [4.78, 5) is 35.0. The zero-order chi connectivity index (χ0) is 25.9. The first-order valence-corrected chi connectivity index (χ1v) is 13.5. The fourth-order valence-corrected chi connectivity index (χ4v) is 8.95. The van der Waals surface area contributed by atoms with Crippen LogP contribution in [0.2, 0.25) is 0 Å². The molecule has 4 aliphatic carbocycles. The first-order valence-electron chi connectivity index (χ1n) is 13.5. The highest BCUT2D eigenvalue weighted by molar-refractivity contribution is 5.84. The summed E-state index contributed by atoms with van der Waals surface area (Å²) in [7, 11) is 0. The maximum atomic E-state index is 12.4. The molecule has 5 N–H and O–H groups in total. The molecule has 1 unspecified atom stereocenters. The lowest BCUT2D eigenvalue weighted by Gasteiger charge is -2.63. The number of hydrogen-bond acceptors (Lipinski definition) is 7. The van der Waals surface area contributed by atoms with Crippen LogP contribution in [-0.2, 0) is 14.3 Å². The molecule has 0 spiro atoms. The molecule has 8 nitrogen and oxygen atoms in total. The number of nitrogens with two attached hydrogens (primary N) is 2. The predicted octanol–water partition coefficient (Wildman–Crippen LogP) is 3.00. The van der Waals surface area contributed by atoms with E-state index >= 15 is 0 Å². The Balaban J connectivity index is 1.31. The summed E-state index contributed by atoms with van der Waals surface area (Å²) >= 11 is 0. The van der Waals surface area contributed by atoms with Crippen molar-refractivity contribution in [1.29, 1.82) is 0 Å². The number of ether oxygens (including phenoxy) is 1. The normalized spacial score (nSPS) is 42.5. The lowest BCUT2D eigenvalue weighted by molar-refractivity contribution is -0.207. The average molecular weight is 501 g/mol. The summed E-state index contributed by atoms with van der Waals surface area (Å²) in [5.74, 6) is 0.107. The van der Waals surface area contributed by atoms with Crippen LogP contribution in [0.1, 0.15) is 89.5 Å². The van der Waals surface area contributed by atoms with Gasteiger partial charge in [-0.2, -0.15) is 0 Å². The summed E-state index contributed by atoms with van der Waals surface area (Å²) in [5, 5.41) is 12.3. The third kappa shape index (κ3) is 3.92. The van der Waals surface area contributed by atoms with E-state index < -0.39 is 23.5 Å². The average Bonchev–Trinajstić information content (AvgIpc) is 3.10. The Bertz CT molecular complexity index is 1070. The Kier molecular flexibility index (Phi) is 6.35. The largest absolute Gasteiger partial charge is 0.461 e. The zero-order valence-corrected chi connectivity index (χ0v) is 21.4.